The van der Waals surface area contributed by atoms with Crippen LogP contribution in [0.15, 0.2) is 12.3 Å². The van der Waals surface area contributed by atoms with Crippen molar-refractivity contribution in [3.8, 4) is 0 Å². The Kier molecular flexibility index (Phi) is 5.23. The van der Waals surface area contributed by atoms with Crippen LogP contribution in [0.4, 0.5) is 0 Å². The van der Waals surface area contributed by atoms with Crippen LogP contribution in [0.2, 0.25) is 0 Å². The Bertz CT molecular complexity index is 298. The van der Waals surface area contributed by atoms with E-state index >= 15 is 0 Å². The second-order valence-corrected chi connectivity index (χ2v) is 2.88. The average molecular weight is 210 g/mol. The fourth-order valence-corrected chi connectivity index (χ4v) is 0.545. The van der Waals surface area contributed by atoms with Crippen LogP contribution < -0.4 is 0 Å². The van der Waals surface area contributed by atoms with Crippen molar-refractivity contribution in [2.45, 2.75) is 6.42 Å². The monoisotopic (exact) mass is 210 g/mol. The number of rotatable bonds is 2. The summed E-state index contributed by atoms with van der Waals surface area (Å²) >= 11 is 0. The van der Waals surface area contributed by atoms with Gasteiger partial charge in [0.15, 0.2) is 0 Å². The van der Waals surface area contributed by atoms with E-state index in [0.717, 1.165) is 5.69 Å². The lowest BCUT2D eigenvalue weighted by Crippen LogP contribution is -1.89. The van der Waals surface area contributed by atoms with Gasteiger partial charge in [-0.05, 0) is 6.07 Å². The van der Waals surface area contributed by atoms with Gasteiger partial charge in [-0.15, -0.1) is 0 Å². The maximum atomic E-state index is 8.74. The van der Waals surface area contributed by atoms with Crippen molar-refractivity contribution in [2.75, 3.05) is 6.61 Å². The molecule has 1 heterocycles. The van der Waals surface area contributed by atoms with Crippen molar-refractivity contribution >= 4 is 10.4 Å². The van der Waals surface area contributed by atoms with Gasteiger partial charge in [0, 0.05) is 19.2 Å². The Morgan fingerprint density at radius 3 is 2.31 bits per heavy atom. The molecule has 8 heteroatoms. The lowest BCUT2D eigenvalue weighted by atomic mass is 10.3. The Labute approximate surface area is 75.0 Å². The van der Waals surface area contributed by atoms with Gasteiger partial charge in [0.1, 0.15) is 0 Å². The summed E-state index contributed by atoms with van der Waals surface area (Å²) in [7, 11) is -4.67. The maximum Gasteiger partial charge on any atom is 0.394 e. The number of aromatic amines is 1. The SMILES string of the molecule is O=S(=O)(O)O.OCCc1cc[nH]n1. The molecule has 0 bridgehead atoms. The number of aromatic nitrogens is 2. The molecule has 1 rings (SSSR count). The lowest BCUT2D eigenvalue weighted by Gasteiger charge is -1.84. The maximum absolute atomic E-state index is 8.74. The Morgan fingerprint density at radius 2 is 2.00 bits per heavy atom. The van der Waals surface area contributed by atoms with E-state index in [1.807, 2.05) is 6.07 Å². The number of nitrogens with one attached hydrogen (secondary N) is 1. The Hall–Kier alpha value is -0.960. The molecule has 4 N–H and O–H groups in total. The molecule has 0 aliphatic rings. The van der Waals surface area contributed by atoms with Gasteiger partial charge in [0.25, 0.3) is 0 Å². The molecule has 0 atom stereocenters. The summed E-state index contributed by atoms with van der Waals surface area (Å²) in [6.45, 7) is 0.171. The molecule has 0 aromatic carbocycles. The molecule has 0 unspecified atom stereocenters. The molecular formula is C5H10N2O5S. The summed E-state index contributed by atoms with van der Waals surface area (Å²) < 4.78 is 31.6. The van der Waals surface area contributed by atoms with Gasteiger partial charge in [-0.1, -0.05) is 0 Å². The van der Waals surface area contributed by atoms with Crippen molar-refractivity contribution in [2.24, 2.45) is 0 Å². The van der Waals surface area contributed by atoms with Crippen LogP contribution in [0.5, 0.6) is 0 Å². The first-order valence-corrected chi connectivity index (χ1v) is 4.62. The van der Waals surface area contributed by atoms with Gasteiger partial charge in [-0.25, -0.2) is 0 Å². The van der Waals surface area contributed by atoms with Crippen LogP contribution in [0.1, 0.15) is 5.69 Å². The highest BCUT2D eigenvalue weighted by Gasteiger charge is 1.88. The number of nitrogens with zero attached hydrogens (tertiary/aromatic N) is 1. The zero-order valence-corrected chi connectivity index (χ0v) is 7.40. The van der Waals surface area contributed by atoms with E-state index in [1.54, 1.807) is 6.20 Å². The summed E-state index contributed by atoms with van der Waals surface area (Å²) in [5.41, 5.74) is 0.910. The van der Waals surface area contributed by atoms with Crippen molar-refractivity contribution in [1.29, 1.82) is 0 Å². The van der Waals surface area contributed by atoms with Gasteiger partial charge in [0.2, 0.25) is 0 Å². The third-order valence-electron chi connectivity index (χ3n) is 0.926. The van der Waals surface area contributed by atoms with Crippen molar-refractivity contribution in [1.82, 2.24) is 10.2 Å². The molecule has 0 saturated heterocycles. The number of aliphatic hydroxyl groups is 1. The number of hydrogen-bond donors (Lipinski definition) is 4. The van der Waals surface area contributed by atoms with Crippen molar-refractivity contribution < 1.29 is 22.6 Å². The molecule has 0 aliphatic heterocycles. The summed E-state index contributed by atoms with van der Waals surface area (Å²) in [4.78, 5) is 0. The first-order chi connectivity index (χ1) is 5.93. The van der Waals surface area contributed by atoms with Crippen LogP contribution in [0, 0.1) is 0 Å². The highest BCUT2D eigenvalue weighted by molar-refractivity contribution is 7.79. The van der Waals surface area contributed by atoms with E-state index in [0.29, 0.717) is 6.42 Å². The quantitative estimate of drug-likeness (QED) is 0.478. The molecule has 0 aliphatic carbocycles. The van der Waals surface area contributed by atoms with Gasteiger partial charge >= 0.3 is 10.4 Å². The standard InChI is InChI=1S/C5H8N2O.H2O4S/c8-4-2-5-1-3-6-7-5;1-5(2,3)4/h1,3,8H,2,4H2,(H,6,7);(H2,1,2,3,4). The van der Waals surface area contributed by atoms with E-state index in [9.17, 15) is 0 Å². The minimum absolute atomic E-state index is 0.171. The van der Waals surface area contributed by atoms with Crippen LogP contribution in [0.3, 0.4) is 0 Å². The van der Waals surface area contributed by atoms with Gasteiger partial charge in [-0.2, -0.15) is 13.5 Å². The van der Waals surface area contributed by atoms with Crippen molar-refractivity contribution in [3.63, 3.8) is 0 Å². The van der Waals surface area contributed by atoms with Crippen LogP contribution >= 0.6 is 0 Å². The summed E-state index contributed by atoms with van der Waals surface area (Å²) in [5, 5.41) is 14.9. The zero-order chi connectivity index (χ0) is 10.3. The predicted molar refractivity (Wildman–Crippen MR) is 43.6 cm³/mol. The summed E-state index contributed by atoms with van der Waals surface area (Å²) in [5.74, 6) is 0. The average Bonchev–Trinajstić information content (AvgIpc) is 2.36. The third kappa shape index (κ3) is 11.0. The Morgan fingerprint density at radius 1 is 1.46 bits per heavy atom. The van der Waals surface area contributed by atoms with Gasteiger partial charge in [0.05, 0.1) is 5.69 Å². The normalized spacial score (nSPS) is 10.4. The van der Waals surface area contributed by atoms with Crippen molar-refractivity contribution in [3.05, 3.63) is 18.0 Å². The second-order valence-electron chi connectivity index (χ2n) is 1.99. The molecule has 13 heavy (non-hydrogen) atoms. The van der Waals surface area contributed by atoms with Gasteiger partial charge in [-0.3, -0.25) is 14.2 Å². The topological polar surface area (TPSA) is 124 Å². The fourth-order valence-electron chi connectivity index (χ4n) is 0.545. The largest absolute Gasteiger partial charge is 0.396 e. The molecule has 0 amide bonds. The highest BCUT2D eigenvalue weighted by atomic mass is 32.3. The predicted octanol–water partition coefficient (Wildman–Crippen LogP) is -0.708. The third-order valence-corrected chi connectivity index (χ3v) is 0.926. The lowest BCUT2D eigenvalue weighted by molar-refractivity contribution is 0.298. The molecule has 0 radical (unpaired) electrons. The molecule has 1 aromatic heterocycles. The highest BCUT2D eigenvalue weighted by Crippen LogP contribution is 1.89. The van der Waals surface area contributed by atoms with E-state index in [-0.39, 0.29) is 6.61 Å². The van der Waals surface area contributed by atoms with Crippen LogP contribution in [0.25, 0.3) is 0 Å². The van der Waals surface area contributed by atoms with E-state index in [4.69, 9.17) is 22.6 Å². The minimum Gasteiger partial charge on any atom is -0.396 e. The fraction of sp³-hybridized carbons (Fsp3) is 0.400. The van der Waals surface area contributed by atoms with Crippen LogP contribution in [-0.2, 0) is 16.8 Å². The first-order valence-electron chi connectivity index (χ1n) is 3.23. The number of hydrogen-bond acceptors (Lipinski definition) is 4. The number of H-pyrrole nitrogens is 1. The van der Waals surface area contributed by atoms with Crippen LogP contribution in [-0.4, -0.2) is 39.4 Å². The zero-order valence-electron chi connectivity index (χ0n) is 6.58. The molecule has 7 nitrogen and oxygen atoms in total. The summed E-state index contributed by atoms with van der Waals surface area (Å²) in [6, 6.07) is 1.84. The van der Waals surface area contributed by atoms with Gasteiger partial charge < -0.3 is 5.11 Å². The van der Waals surface area contributed by atoms with E-state index in [2.05, 4.69) is 10.2 Å². The second kappa shape index (κ2) is 5.65. The Balaban J connectivity index is 0.000000252. The number of aliphatic hydroxyl groups excluding tert-OH is 1. The van der Waals surface area contributed by atoms with E-state index < -0.39 is 10.4 Å². The molecule has 0 fully saturated rings. The first kappa shape index (κ1) is 12.0. The molecule has 1 aromatic rings. The molecule has 0 spiro atoms. The summed E-state index contributed by atoms with van der Waals surface area (Å²) in [6.07, 6.45) is 2.38. The minimum atomic E-state index is -4.67. The smallest absolute Gasteiger partial charge is 0.394 e. The molecular weight excluding hydrogens is 200 g/mol. The molecule has 76 valence electrons. The van der Waals surface area contributed by atoms with E-state index in [1.165, 1.54) is 0 Å². The molecule has 0 saturated carbocycles.